The maximum absolute atomic E-state index is 12.9. The Labute approximate surface area is 124 Å². The topological polar surface area (TPSA) is 54.3 Å². The standard InChI is InChI=1S/C15H21N5O/c1-10-9-12(13-11(2)17-19(4)14(13)16-10)15(21)20-7-5-18(3)6-8-20/h9H,5-8H2,1-4H3. The first-order chi connectivity index (χ1) is 9.97. The molecule has 0 unspecified atom stereocenters. The monoisotopic (exact) mass is 287 g/mol. The molecule has 0 aliphatic carbocycles. The minimum atomic E-state index is 0.0923. The van der Waals surface area contributed by atoms with Gasteiger partial charge in [0.1, 0.15) is 0 Å². The highest BCUT2D eigenvalue weighted by molar-refractivity contribution is 6.06. The molecule has 6 nitrogen and oxygen atoms in total. The van der Waals surface area contributed by atoms with E-state index in [1.54, 1.807) is 4.68 Å². The van der Waals surface area contributed by atoms with Gasteiger partial charge < -0.3 is 9.80 Å². The molecule has 112 valence electrons. The van der Waals surface area contributed by atoms with Crippen LogP contribution in [-0.2, 0) is 7.05 Å². The molecule has 2 aromatic rings. The molecule has 1 aliphatic rings. The van der Waals surface area contributed by atoms with Gasteiger partial charge in [0.05, 0.1) is 16.6 Å². The van der Waals surface area contributed by atoms with Crippen molar-refractivity contribution in [2.45, 2.75) is 13.8 Å². The predicted octanol–water partition coefficient (Wildman–Crippen LogP) is 0.973. The second kappa shape index (κ2) is 5.11. The van der Waals surface area contributed by atoms with Crippen LogP contribution >= 0.6 is 0 Å². The number of hydrogen-bond acceptors (Lipinski definition) is 4. The number of piperazine rings is 1. The van der Waals surface area contributed by atoms with E-state index in [0.717, 1.165) is 54.2 Å². The number of carbonyl (C=O) groups excluding carboxylic acids is 1. The van der Waals surface area contributed by atoms with Crippen molar-refractivity contribution in [2.75, 3.05) is 33.2 Å². The minimum Gasteiger partial charge on any atom is -0.336 e. The van der Waals surface area contributed by atoms with Gasteiger partial charge in [-0.3, -0.25) is 9.48 Å². The van der Waals surface area contributed by atoms with Crippen LogP contribution in [0.3, 0.4) is 0 Å². The van der Waals surface area contributed by atoms with Gasteiger partial charge in [0, 0.05) is 38.9 Å². The van der Waals surface area contributed by atoms with Gasteiger partial charge in [-0.25, -0.2) is 4.98 Å². The molecule has 1 amide bonds. The van der Waals surface area contributed by atoms with Gasteiger partial charge in [-0.05, 0) is 27.0 Å². The molecule has 1 fully saturated rings. The van der Waals surface area contributed by atoms with Crippen LogP contribution < -0.4 is 0 Å². The zero-order valence-corrected chi connectivity index (χ0v) is 13.1. The average molecular weight is 287 g/mol. The summed E-state index contributed by atoms with van der Waals surface area (Å²) in [6.07, 6.45) is 0. The summed E-state index contributed by atoms with van der Waals surface area (Å²) in [6.45, 7) is 7.24. The summed E-state index contributed by atoms with van der Waals surface area (Å²) in [4.78, 5) is 21.6. The first kappa shape index (κ1) is 14.0. The van der Waals surface area contributed by atoms with Gasteiger partial charge in [-0.15, -0.1) is 0 Å². The molecular formula is C15H21N5O. The third-order valence-electron chi connectivity index (χ3n) is 4.12. The van der Waals surface area contributed by atoms with Crippen LogP contribution in [0.5, 0.6) is 0 Å². The van der Waals surface area contributed by atoms with Gasteiger partial charge in [-0.2, -0.15) is 5.10 Å². The fourth-order valence-electron chi connectivity index (χ4n) is 2.92. The molecule has 1 saturated heterocycles. The molecule has 0 saturated carbocycles. The number of rotatable bonds is 1. The Hall–Kier alpha value is -1.95. The smallest absolute Gasteiger partial charge is 0.254 e. The summed E-state index contributed by atoms with van der Waals surface area (Å²) >= 11 is 0. The van der Waals surface area contributed by atoms with E-state index in [1.807, 2.05) is 31.9 Å². The fourth-order valence-corrected chi connectivity index (χ4v) is 2.92. The fraction of sp³-hybridized carbons (Fsp3) is 0.533. The van der Waals surface area contributed by atoms with E-state index in [4.69, 9.17) is 0 Å². The van der Waals surface area contributed by atoms with Gasteiger partial charge >= 0.3 is 0 Å². The number of hydrogen-bond donors (Lipinski definition) is 0. The number of nitrogens with zero attached hydrogens (tertiary/aromatic N) is 5. The zero-order valence-electron chi connectivity index (χ0n) is 13.1. The van der Waals surface area contributed by atoms with E-state index in [-0.39, 0.29) is 5.91 Å². The van der Waals surface area contributed by atoms with E-state index < -0.39 is 0 Å². The largest absolute Gasteiger partial charge is 0.336 e. The van der Waals surface area contributed by atoms with Gasteiger partial charge in [0.25, 0.3) is 5.91 Å². The lowest BCUT2D eigenvalue weighted by Gasteiger charge is -2.32. The lowest BCUT2D eigenvalue weighted by atomic mass is 10.1. The van der Waals surface area contributed by atoms with Crippen LogP contribution in [0, 0.1) is 13.8 Å². The highest BCUT2D eigenvalue weighted by Crippen LogP contribution is 2.23. The van der Waals surface area contributed by atoms with E-state index in [9.17, 15) is 4.79 Å². The van der Waals surface area contributed by atoms with Crippen LogP contribution in [0.4, 0.5) is 0 Å². The molecular weight excluding hydrogens is 266 g/mol. The summed E-state index contributed by atoms with van der Waals surface area (Å²) in [7, 11) is 3.95. The quantitative estimate of drug-likeness (QED) is 0.784. The second-order valence-corrected chi connectivity index (χ2v) is 5.81. The lowest BCUT2D eigenvalue weighted by Crippen LogP contribution is -2.47. The van der Waals surface area contributed by atoms with Crippen molar-refractivity contribution in [3.8, 4) is 0 Å². The Balaban J connectivity index is 2.05. The van der Waals surface area contributed by atoms with Crippen molar-refractivity contribution in [1.82, 2.24) is 24.6 Å². The third-order valence-corrected chi connectivity index (χ3v) is 4.12. The number of carbonyl (C=O) groups is 1. The Morgan fingerprint density at radius 2 is 1.81 bits per heavy atom. The number of pyridine rings is 1. The first-order valence-electron chi connectivity index (χ1n) is 7.26. The molecule has 0 radical (unpaired) electrons. The summed E-state index contributed by atoms with van der Waals surface area (Å²) < 4.78 is 1.75. The van der Waals surface area contributed by atoms with E-state index in [1.165, 1.54) is 0 Å². The summed E-state index contributed by atoms with van der Waals surface area (Å²) in [6, 6.07) is 1.89. The van der Waals surface area contributed by atoms with Crippen molar-refractivity contribution in [2.24, 2.45) is 7.05 Å². The zero-order chi connectivity index (χ0) is 15.1. The Morgan fingerprint density at radius 3 is 2.48 bits per heavy atom. The van der Waals surface area contributed by atoms with Gasteiger partial charge in [-0.1, -0.05) is 0 Å². The molecule has 0 bridgehead atoms. The normalized spacial score (nSPS) is 16.7. The van der Waals surface area contributed by atoms with Crippen molar-refractivity contribution >= 4 is 16.9 Å². The predicted molar refractivity (Wildman–Crippen MR) is 81.4 cm³/mol. The molecule has 6 heteroatoms. The van der Waals surface area contributed by atoms with E-state index >= 15 is 0 Å². The Bertz CT molecular complexity index is 698. The van der Waals surface area contributed by atoms with Crippen LogP contribution in [-0.4, -0.2) is 63.7 Å². The van der Waals surface area contributed by atoms with Crippen LogP contribution in [0.25, 0.3) is 11.0 Å². The minimum absolute atomic E-state index is 0.0923. The molecule has 3 heterocycles. The number of fused-ring (bicyclic) bond motifs is 1. The van der Waals surface area contributed by atoms with Gasteiger partial charge in [0.2, 0.25) is 0 Å². The van der Waals surface area contributed by atoms with E-state index in [0.29, 0.717) is 0 Å². The van der Waals surface area contributed by atoms with Crippen molar-refractivity contribution < 1.29 is 4.79 Å². The number of aryl methyl sites for hydroxylation is 3. The van der Waals surface area contributed by atoms with Crippen molar-refractivity contribution in [3.63, 3.8) is 0 Å². The summed E-state index contributed by atoms with van der Waals surface area (Å²) in [5.74, 6) is 0.0923. The van der Waals surface area contributed by atoms with Crippen molar-refractivity contribution in [1.29, 1.82) is 0 Å². The summed E-state index contributed by atoms with van der Waals surface area (Å²) in [5, 5.41) is 5.29. The Kier molecular flexibility index (Phi) is 3.41. The maximum Gasteiger partial charge on any atom is 0.254 e. The maximum atomic E-state index is 12.9. The molecule has 0 aromatic carbocycles. The average Bonchev–Trinajstić information content (AvgIpc) is 2.73. The number of likely N-dealkylation sites (N-methyl/N-ethyl adjacent to an activating group) is 1. The Morgan fingerprint density at radius 1 is 1.14 bits per heavy atom. The van der Waals surface area contributed by atoms with E-state index in [2.05, 4.69) is 22.0 Å². The van der Waals surface area contributed by atoms with Crippen LogP contribution in [0.2, 0.25) is 0 Å². The van der Waals surface area contributed by atoms with Crippen molar-refractivity contribution in [3.05, 3.63) is 23.0 Å². The van der Waals surface area contributed by atoms with Crippen LogP contribution in [0.1, 0.15) is 21.7 Å². The molecule has 0 spiro atoms. The molecule has 0 N–H and O–H groups in total. The number of amides is 1. The second-order valence-electron chi connectivity index (χ2n) is 5.81. The SMILES string of the molecule is Cc1cc(C(=O)N2CCN(C)CC2)c2c(C)nn(C)c2n1. The third kappa shape index (κ3) is 2.40. The molecule has 0 atom stereocenters. The number of aromatic nitrogens is 3. The highest BCUT2D eigenvalue weighted by Gasteiger charge is 2.24. The first-order valence-corrected chi connectivity index (χ1v) is 7.26. The molecule has 2 aromatic heterocycles. The molecule has 21 heavy (non-hydrogen) atoms. The summed E-state index contributed by atoms with van der Waals surface area (Å²) in [5.41, 5.74) is 3.22. The lowest BCUT2D eigenvalue weighted by molar-refractivity contribution is 0.0666. The van der Waals surface area contributed by atoms with Crippen LogP contribution in [0.15, 0.2) is 6.07 Å². The molecule has 3 rings (SSSR count). The highest BCUT2D eigenvalue weighted by atomic mass is 16.2. The van der Waals surface area contributed by atoms with Gasteiger partial charge in [0.15, 0.2) is 5.65 Å². The molecule has 1 aliphatic heterocycles.